The van der Waals surface area contributed by atoms with E-state index in [2.05, 4.69) is 31.4 Å². The van der Waals surface area contributed by atoms with Crippen molar-refractivity contribution in [3.8, 4) is 16.9 Å². The third kappa shape index (κ3) is 6.91. The van der Waals surface area contributed by atoms with Crippen LogP contribution >= 0.6 is 0 Å². The van der Waals surface area contributed by atoms with Gasteiger partial charge in [0.05, 0.1) is 31.9 Å². The van der Waals surface area contributed by atoms with E-state index in [4.69, 9.17) is 9.57 Å². The molecule has 1 heterocycles. The highest BCUT2D eigenvalue weighted by molar-refractivity contribution is 5.96. The van der Waals surface area contributed by atoms with Crippen molar-refractivity contribution in [1.82, 2.24) is 20.6 Å². The molecule has 8 atom stereocenters. The van der Waals surface area contributed by atoms with Crippen molar-refractivity contribution in [2.75, 3.05) is 40.9 Å². The van der Waals surface area contributed by atoms with Crippen molar-refractivity contribution in [3.63, 3.8) is 0 Å². The highest BCUT2D eigenvalue weighted by Crippen LogP contribution is 2.61. The van der Waals surface area contributed by atoms with Crippen molar-refractivity contribution < 1.29 is 33.8 Å². The molecule has 0 unspecified atom stereocenters. The van der Waals surface area contributed by atoms with Crippen LogP contribution in [0.3, 0.4) is 0 Å². The number of para-hydroxylation sites is 1. The molecule has 1 aliphatic heterocycles. The highest BCUT2D eigenvalue weighted by atomic mass is 19.1. The highest BCUT2D eigenvalue weighted by Gasteiger charge is 2.57. The van der Waals surface area contributed by atoms with Gasteiger partial charge in [0.25, 0.3) is 5.91 Å². The Morgan fingerprint density at radius 3 is 2.57 bits per heavy atom. The number of hydroxylamine groups is 2. The average Bonchev–Trinajstić information content (AvgIpc) is 3.40. The molecule has 0 spiro atoms. The number of carbonyl (C=O) groups excluding carboxylic acids is 2. The average molecular weight is 655 g/mol. The first-order valence-electron chi connectivity index (χ1n) is 16.7. The molecule has 0 radical (unpaired) electrons. The minimum absolute atomic E-state index is 0.0227. The number of nitrogens with one attached hydrogen (secondary N) is 2. The number of carbonyl (C=O) groups is 2. The molecule has 2 aromatic carbocycles. The van der Waals surface area contributed by atoms with Crippen molar-refractivity contribution in [3.05, 3.63) is 53.3 Å². The molecule has 10 nitrogen and oxygen atoms in total. The topological polar surface area (TPSA) is 124 Å². The summed E-state index contributed by atoms with van der Waals surface area (Å²) < 4.78 is 20.7. The molecule has 258 valence electrons. The monoisotopic (exact) mass is 654 g/mol. The maximum Gasteiger partial charge on any atom is 0.254 e. The zero-order valence-electron chi connectivity index (χ0n) is 28.6. The van der Waals surface area contributed by atoms with Gasteiger partial charge in [-0.3, -0.25) is 14.4 Å². The molecule has 3 aliphatic carbocycles. The molecule has 0 aromatic heterocycles. The minimum Gasteiger partial charge on any atom is -0.496 e. The van der Waals surface area contributed by atoms with Gasteiger partial charge in [-0.15, -0.1) is 0 Å². The lowest BCUT2D eigenvalue weighted by Crippen LogP contribution is -2.62. The molecular formula is C36H51FN4O6. The van der Waals surface area contributed by atoms with Crippen LogP contribution in [0.25, 0.3) is 11.1 Å². The van der Waals surface area contributed by atoms with Crippen molar-refractivity contribution in [2.45, 2.75) is 71.4 Å². The molecule has 3 saturated carbocycles. The van der Waals surface area contributed by atoms with Crippen LogP contribution in [0.1, 0.15) is 56.5 Å². The van der Waals surface area contributed by atoms with Crippen molar-refractivity contribution >= 4 is 11.8 Å². The quantitative estimate of drug-likeness (QED) is 0.275. The Morgan fingerprint density at radius 1 is 1.21 bits per heavy atom. The maximum atomic E-state index is 14.8. The molecule has 2 amide bonds. The zero-order chi connectivity index (χ0) is 34.2. The van der Waals surface area contributed by atoms with Gasteiger partial charge >= 0.3 is 0 Å². The smallest absolute Gasteiger partial charge is 0.254 e. The van der Waals surface area contributed by atoms with E-state index in [1.54, 1.807) is 18.1 Å². The van der Waals surface area contributed by atoms with Crippen molar-refractivity contribution in [1.29, 1.82) is 0 Å². The fourth-order valence-electron chi connectivity index (χ4n) is 8.18. The molecule has 4 N–H and O–H groups in total. The van der Waals surface area contributed by atoms with Crippen LogP contribution in [-0.4, -0.2) is 97.2 Å². The standard InChI is InChI=1S/C36H51FN4O6/c1-20-27-16-24(36(27,3)4)17-29(20)39-35(45)32-31(21(2)43)30(19-42)47-41(32)18-23-9-8-10-25(33(23)46-7)22-11-12-28(37)26(15-22)34(44)38-13-14-40(5)6/h8-12,15,20-21,24,27,29-32,42-43H,13-14,16-19H2,1-7H3,(H,38,44)(H,39,45)/t20-,21-,24+,27-,29-,30-,31+,32-/m0/s1. The first kappa shape index (κ1) is 35.2. The largest absolute Gasteiger partial charge is 0.496 e. The van der Waals surface area contributed by atoms with Crippen molar-refractivity contribution in [2.24, 2.45) is 29.1 Å². The maximum absolute atomic E-state index is 14.8. The zero-order valence-corrected chi connectivity index (χ0v) is 28.6. The predicted octanol–water partition coefficient (Wildman–Crippen LogP) is 3.45. The minimum atomic E-state index is -0.918. The van der Waals surface area contributed by atoms with E-state index >= 15 is 0 Å². The summed E-state index contributed by atoms with van der Waals surface area (Å²) in [5.41, 5.74) is 2.10. The molecule has 6 rings (SSSR count). The summed E-state index contributed by atoms with van der Waals surface area (Å²) in [7, 11) is 5.31. The third-order valence-corrected chi connectivity index (χ3v) is 11.1. The lowest BCUT2D eigenvalue weighted by atomic mass is 9.45. The number of benzene rings is 2. The van der Waals surface area contributed by atoms with Crippen LogP contribution in [0, 0.1) is 34.9 Å². The number of hydrogen-bond acceptors (Lipinski definition) is 8. The number of fused-ring (bicyclic) bond motifs is 2. The van der Waals surface area contributed by atoms with E-state index < -0.39 is 35.9 Å². The lowest BCUT2D eigenvalue weighted by molar-refractivity contribution is -0.183. The van der Waals surface area contributed by atoms with E-state index in [-0.39, 0.29) is 36.1 Å². The summed E-state index contributed by atoms with van der Waals surface area (Å²) in [5, 5.41) is 28.6. The van der Waals surface area contributed by atoms with Gasteiger partial charge in [-0.05, 0) is 74.7 Å². The SMILES string of the molecule is COc1c(CN2O[C@@H](CO)[C@@H]([C@H](C)O)[C@H]2C(=O)N[C@H]2C[C@H]3C[C@@H]([C@@H]2C)C3(C)C)cccc1-c1ccc(F)c(C(=O)NCCN(C)C)c1. The molecule has 1 saturated heterocycles. The first-order valence-corrected chi connectivity index (χ1v) is 16.7. The number of halogens is 1. The lowest BCUT2D eigenvalue weighted by Gasteiger charge is -2.62. The van der Waals surface area contributed by atoms with Crippen LogP contribution in [-0.2, 0) is 16.2 Å². The van der Waals surface area contributed by atoms with Gasteiger partial charge in [-0.1, -0.05) is 45.0 Å². The van der Waals surface area contributed by atoms with Gasteiger partial charge in [0.2, 0.25) is 5.91 Å². The summed E-state index contributed by atoms with van der Waals surface area (Å²) in [6, 6.07) is 9.03. The van der Waals surface area contributed by atoms with E-state index in [0.29, 0.717) is 53.3 Å². The summed E-state index contributed by atoms with van der Waals surface area (Å²) in [4.78, 5) is 35.0. The summed E-state index contributed by atoms with van der Waals surface area (Å²) >= 11 is 0. The molecule has 2 bridgehead atoms. The number of likely N-dealkylation sites (N-methyl/N-ethyl adjacent to an activating group) is 1. The molecule has 2 aromatic rings. The van der Waals surface area contributed by atoms with Gasteiger partial charge in [-0.25, -0.2) is 4.39 Å². The van der Waals surface area contributed by atoms with Gasteiger partial charge in [0.15, 0.2) is 0 Å². The second kappa shape index (κ2) is 14.2. The van der Waals surface area contributed by atoms with Gasteiger partial charge in [0.1, 0.15) is 23.7 Å². The van der Waals surface area contributed by atoms with E-state index in [1.165, 1.54) is 25.7 Å². The number of amides is 2. The number of aliphatic hydroxyl groups is 2. The summed E-state index contributed by atoms with van der Waals surface area (Å²) in [5.74, 6) is -0.128. The molecule has 11 heteroatoms. The fraction of sp³-hybridized carbons (Fsp3) is 0.611. The normalized spacial score (nSPS) is 28.9. The number of methoxy groups -OCH3 is 1. The van der Waals surface area contributed by atoms with Crippen LogP contribution in [0.15, 0.2) is 36.4 Å². The van der Waals surface area contributed by atoms with Gasteiger partial charge in [0, 0.05) is 36.2 Å². The van der Waals surface area contributed by atoms with Gasteiger partial charge in [-0.2, -0.15) is 5.06 Å². The summed E-state index contributed by atoms with van der Waals surface area (Å²) in [6.07, 6.45) is 0.408. The fourth-order valence-corrected chi connectivity index (χ4v) is 8.18. The number of ether oxygens (including phenoxy) is 1. The number of aliphatic hydroxyl groups excluding tert-OH is 2. The van der Waals surface area contributed by atoms with E-state index in [0.717, 1.165) is 6.42 Å². The number of rotatable bonds is 12. The number of hydrogen-bond donors (Lipinski definition) is 4. The number of nitrogens with zero attached hydrogens (tertiary/aromatic N) is 2. The predicted molar refractivity (Wildman–Crippen MR) is 177 cm³/mol. The first-order chi connectivity index (χ1) is 22.3. The summed E-state index contributed by atoms with van der Waals surface area (Å²) in [6.45, 7) is 9.21. The molecular weight excluding hydrogens is 603 g/mol. The Bertz CT molecular complexity index is 1450. The Balaban J connectivity index is 1.40. The van der Waals surface area contributed by atoms with Crippen LogP contribution in [0.4, 0.5) is 4.39 Å². The third-order valence-electron chi connectivity index (χ3n) is 11.1. The van der Waals surface area contributed by atoms with Crippen LogP contribution in [0.5, 0.6) is 5.75 Å². The van der Waals surface area contributed by atoms with Crippen LogP contribution < -0.4 is 15.4 Å². The Hall–Kier alpha value is -3.09. The second-order valence-corrected chi connectivity index (χ2v) is 14.5. The van der Waals surface area contributed by atoms with E-state index in [1.807, 2.05) is 37.2 Å². The molecule has 4 fully saturated rings. The molecule has 4 aliphatic rings. The molecule has 47 heavy (non-hydrogen) atoms. The van der Waals surface area contributed by atoms with Crippen LogP contribution in [0.2, 0.25) is 0 Å². The Labute approximate surface area is 277 Å². The van der Waals surface area contributed by atoms with Gasteiger partial charge < -0.3 is 30.5 Å². The Morgan fingerprint density at radius 2 is 1.96 bits per heavy atom. The van der Waals surface area contributed by atoms with E-state index in [9.17, 15) is 24.2 Å². The second-order valence-electron chi connectivity index (χ2n) is 14.5. The Kier molecular flexibility index (Phi) is 10.6.